The van der Waals surface area contributed by atoms with Gasteiger partial charge in [0.05, 0.1) is 22.4 Å². The lowest BCUT2D eigenvalue weighted by Crippen LogP contribution is -2.21. The molecule has 2 N–H and O–H groups in total. The molecule has 2 atom stereocenters. The number of halogens is 4. The second-order valence-electron chi connectivity index (χ2n) is 3.84. The number of rotatable bonds is 5. The van der Waals surface area contributed by atoms with Gasteiger partial charge in [-0.25, -0.2) is 0 Å². The van der Waals surface area contributed by atoms with Crippen molar-refractivity contribution in [3.8, 4) is 0 Å². The Morgan fingerprint density at radius 2 is 2.10 bits per heavy atom. The van der Waals surface area contributed by atoms with E-state index in [1.165, 1.54) is 0 Å². The molecule has 1 aromatic heterocycles. The van der Waals surface area contributed by atoms with Gasteiger partial charge in [0.1, 0.15) is 6.10 Å². The Hall–Kier alpha value is -1.54. The molecule has 1 heterocycles. The second-order valence-corrected chi connectivity index (χ2v) is 4.25. The number of alkyl halides is 3. The summed E-state index contributed by atoms with van der Waals surface area (Å²) in [5.41, 5.74) is 6.74. The molecular formula is C10H10ClF3N4O2. The standard InChI is InChI=1S/C10H10ClF3N4O2/c11-6-3-5(10(12,13)14)4-16-8(6)9(20)7(19)1-2-17-18-15/h3-4,7,9,19-20H,1-2H2. The Balaban J connectivity index is 2.88. The summed E-state index contributed by atoms with van der Waals surface area (Å²) < 4.78 is 37.2. The van der Waals surface area contributed by atoms with Gasteiger partial charge >= 0.3 is 6.18 Å². The molecule has 2 unspecified atom stereocenters. The molecule has 0 aliphatic rings. The zero-order valence-electron chi connectivity index (χ0n) is 9.92. The van der Waals surface area contributed by atoms with Gasteiger partial charge in [0.25, 0.3) is 0 Å². The molecule has 0 aromatic carbocycles. The van der Waals surface area contributed by atoms with Crippen molar-refractivity contribution in [1.82, 2.24) is 4.98 Å². The maximum Gasteiger partial charge on any atom is 0.417 e. The largest absolute Gasteiger partial charge is 0.417 e. The van der Waals surface area contributed by atoms with Crippen LogP contribution in [-0.4, -0.2) is 27.8 Å². The van der Waals surface area contributed by atoms with Crippen molar-refractivity contribution in [2.24, 2.45) is 5.11 Å². The van der Waals surface area contributed by atoms with Crippen LogP contribution >= 0.6 is 11.6 Å². The number of hydrogen-bond acceptors (Lipinski definition) is 4. The van der Waals surface area contributed by atoms with E-state index < -0.39 is 29.0 Å². The first kappa shape index (κ1) is 16.5. The summed E-state index contributed by atoms with van der Waals surface area (Å²) in [4.78, 5) is 5.89. The normalized spacial score (nSPS) is 14.5. The van der Waals surface area contributed by atoms with E-state index in [-0.39, 0.29) is 18.7 Å². The van der Waals surface area contributed by atoms with Crippen LogP contribution in [0.5, 0.6) is 0 Å². The van der Waals surface area contributed by atoms with Crippen molar-refractivity contribution in [1.29, 1.82) is 0 Å². The number of nitrogens with zero attached hydrogens (tertiary/aromatic N) is 4. The monoisotopic (exact) mass is 310 g/mol. The Morgan fingerprint density at radius 3 is 2.60 bits per heavy atom. The molecule has 1 aromatic rings. The summed E-state index contributed by atoms with van der Waals surface area (Å²) in [5, 5.41) is 22.1. The summed E-state index contributed by atoms with van der Waals surface area (Å²) in [6, 6.07) is 0.618. The van der Waals surface area contributed by atoms with Gasteiger partial charge in [0.15, 0.2) is 0 Å². The van der Waals surface area contributed by atoms with Gasteiger partial charge in [-0.2, -0.15) is 13.2 Å². The molecule has 0 fully saturated rings. The van der Waals surface area contributed by atoms with Crippen LogP contribution in [0.3, 0.4) is 0 Å². The topological polar surface area (TPSA) is 102 Å². The molecule has 0 amide bonds. The molecule has 0 bridgehead atoms. The maximum atomic E-state index is 12.4. The molecule has 0 spiro atoms. The van der Waals surface area contributed by atoms with Gasteiger partial charge < -0.3 is 10.2 Å². The SMILES string of the molecule is [N-]=[N+]=NCCC(O)C(O)c1ncc(C(F)(F)F)cc1Cl. The molecule has 0 aliphatic heterocycles. The summed E-state index contributed by atoms with van der Waals surface area (Å²) >= 11 is 5.62. The highest BCUT2D eigenvalue weighted by Gasteiger charge is 2.32. The number of aromatic nitrogens is 1. The summed E-state index contributed by atoms with van der Waals surface area (Å²) in [6.45, 7) is -0.0764. The third kappa shape index (κ3) is 4.24. The zero-order chi connectivity index (χ0) is 15.3. The van der Waals surface area contributed by atoms with E-state index in [0.29, 0.717) is 12.3 Å². The van der Waals surface area contributed by atoms with Crippen LogP contribution in [0.2, 0.25) is 5.02 Å². The van der Waals surface area contributed by atoms with Gasteiger partial charge in [0.2, 0.25) is 0 Å². The zero-order valence-corrected chi connectivity index (χ0v) is 10.7. The maximum absolute atomic E-state index is 12.4. The van der Waals surface area contributed by atoms with Crippen molar-refractivity contribution < 1.29 is 23.4 Å². The van der Waals surface area contributed by atoms with Crippen LogP contribution in [0, 0.1) is 0 Å². The Bertz CT molecular complexity index is 520. The first-order valence-electron chi connectivity index (χ1n) is 5.37. The van der Waals surface area contributed by atoms with Crippen LogP contribution < -0.4 is 0 Å². The van der Waals surface area contributed by atoms with Gasteiger partial charge in [-0.05, 0) is 18.0 Å². The third-order valence-corrected chi connectivity index (χ3v) is 2.73. The summed E-state index contributed by atoms with van der Waals surface area (Å²) in [5.74, 6) is 0. The van der Waals surface area contributed by atoms with E-state index in [9.17, 15) is 23.4 Å². The minimum absolute atomic E-state index is 0.0764. The molecule has 0 saturated heterocycles. The lowest BCUT2D eigenvalue weighted by Gasteiger charge is -2.18. The molecule has 6 nitrogen and oxygen atoms in total. The molecule has 0 saturated carbocycles. The molecule has 20 heavy (non-hydrogen) atoms. The molecule has 1 rings (SSSR count). The predicted molar refractivity (Wildman–Crippen MR) is 63.8 cm³/mol. The van der Waals surface area contributed by atoms with Gasteiger partial charge in [-0.3, -0.25) is 4.98 Å². The molecular weight excluding hydrogens is 301 g/mol. The fraction of sp³-hybridized carbons (Fsp3) is 0.500. The quantitative estimate of drug-likeness (QED) is 0.496. The highest BCUT2D eigenvalue weighted by Crippen LogP contribution is 2.33. The Kier molecular flexibility index (Phi) is 5.58. The van der Waals surface area contributed by atoms with Crippen molar-refractivity contribution in [2.45, 2.75) is 24.8 Å². The van der Waals surface area contributed by atoms with E-state index in [2.05, 4.69) is 15.0 Å². The highest BCUT2D eigenvalue weighted by atomic mass is 35.5. The van der Waals surface area contributed by atoms with Crippen LogP contribution in [0.1, 0.15) is 23.8 Å². The first-order chi connectivity index (χ1) is 9.27. The van der Waals surface area contributed by atoms with E-state index >= 15 is 0 Å². The number of pyridine rings is 1. The van der Waals surface area contributed by atoms with E-state index in [0.717, 1.165) is 0 Å². The second kappa shape index (κ2) is 6.76. The Morgan fingerprint density at radius 1 is 1.45 bits per heavy atom. The third-order valence-electron chi connectivity index (χ3n) is 2.43. The summed E-state index contributed by atoms with van der Waals surface area (Å²) in [7, 11) is 0. The number of hydrogen-bond donors (Lipinski definition) is 2. The smallest absolute Gasteiger partial charge is 0.390 e. The number of aliphatic hydroxyl groups is 2. The van der Waals surface area contributed by atoms with Crippen LogP contribution in [0.25, 0.3) is 10.4 Å². The minimum Gasteiger partial charge on any atom is -0.390 e. The van der Waals surface area contributed by atoms with E-state index in [1.807, 2.05) is 0 Å². The van der Waals surface area contributed by atoms with Crippen LogP contribution in [0.15, 0.2) is 17.4 Å². The molecule has 110 valence electrons. The highest BCUT2D eigenvalue weighted by molar-refractivity contribution is 6.31. The Labute approximate surface area is 116 Å². The average Bonchev–Trinajstić information content (AvgIpc) is 2.37. The van der Waals surface area contributed by atoms with Gasteiger partial charge in [-0.1, -0.05) is 16.7 Å². The van der Waals surface area contributed by atoms with E-state index in [1.54, 1.807) is 0 Å². The van der Waals surface area contributed by atoms with Crippen molar-refractivity contribution in [2.75, 3.05) is 6.54 Å². The molecule has 0 radical (unpaired) electrons. The number of aliphatic hydroxyl groups excluding tert-OH is 2. The van der Waals surface area contributed by atoms with Crippen molar-refractivity contribution in [3.63, 3.8) is 0 Å². The lowest BCUT2D eigenvalue weighted by atomic mass is 10.1. The number of azide groups is 1. The van der Waals surface area contributed by atoms with Gasteiger partial charge in [-0.15, -0.1) is 0 Å². The van der Waals surface area contributed by atoms with Crippen molar-refractivity contribution in [3.05, 3.63) is 39.0 Å². The van der Waals surface area contributed by atoms with Crippen LogP contribution in [-0.2, 0) is 6.18 Å². The average molecular weight is 311 g/mol. The predicted octanol–water partition coefficient (Wildman–Crippen LogP) is 2.85. The van der Waals surface area contributed by atoms with E-state index in [4.69, 9.17) is 17.1 Å². The fourth-order valence-corrected chi connectivity index (χ4v) is 1.67. The van der Waals surface area contributed by atoms with Crippen LogP contribution in [0.4, 0.5) is 13.2 Å². The minimum atomic E-state index is -4.60. The molecule has 10 heteroatoms. The van der Waals surface area contributed by atoms with Gasteiger partial charge in [0, 0.05) is 17.7 Å². The first-order valence-corrected chi connectivity index (χ1v) is 5.74. The lowest BCUT2D eigenvalue weighted by molar-refractivity contribution is -0.137. The summed E-state index contributed by atoms with van der Waals surface area (Å²) in [6.07, 6.45) is -7.09. The van der Waals surface area contributed by atoms with Crippen molar-refractivity contribution >= 4 is 11.6 Å². The fourth-order valence-electron chi connectivity index (χ4n) is 1.40. The molecule has 0 aliphatic carbocycles.